The molecule has 168 valence electrons. The molecule has 1 aliphatic rings. The molecule has 1 fully saturated rings. The summed E-state index contributed by atoms with van der Waals surface area (Å²) in [5, 5.41) is 0.707. The van der Waals surface area contributed by atoms with Crippen LogP contribution in [-0.4, -0.2) is 40.6 Å². The van der Waals surface area contributed by atoms with Crippen LogP contribution < -0.4 is 10.5 Å². The number of likely N-dealkylation sites (tertiary alicyclic amines) is 1. The van der Waals surface area contributed by atoms with Crippen LogP contribution in [0.5, 0.6) is 0 Å². The van der Waals surface area contributed by atoms with Gasteiger partial charge in [-0.05, 0) is 61.7 Å². The lowest BCUT2D eigenvalue weighted by atomic mass is 10.0. The van der Waals surface area contributed by atoms with E-state index in [9.17, 15) is 4.79 Å². The summed E-state index contributed by atoms with van der Waals surface area (Å²) in [4.78, 5) is 22.4. The van der Waals surface area contributed by atoms with E-state index in [1.54, 1.807) is 6.33 Å². The molecule has 0 amide bonds. The van der Waals surface area contributed by atoms with Crippen molar-refractivity contribution in [2.45, 2.75) is 25.8 Å². The molecule has 33 heavy (non-hydrogen) atoms. The van der Waals surface area contributed by atoms with Gasteiger partial charge in [-0.15, -0.1) is 0 Å². The second-order valence-electron chi connectivity index (χ2n) is 8.87. The van der Waals surface area contributed by atoms with Crippen molar-refractivity contribution in [2.75, 3.05) is 31.1 Å². The van der Waals surface area contributed by atoms with Gasteiger partial charge >= 0.3 is 0 Å². The summed E-state index contributed by atoms with van der Waals surface area (Å²) in [5.41, 5.74) is 4.56. The maximum atomic E-state index is 13.0. The Morgan fingerprint density at radius 1 is 0.909 bits per heavy atom. The van der Waals surface area contributed by atoms with Gasteiger partial charge in [0.25, 0.3) is 5.56 Å². The van der Waals surface area contributed by atoms with Crippen LogP contribution in [0.1, 0.15) is 24.4 Å². The van der Waals surface area contributed by atoms with Crippen LogP contribution in [0.2, 0.25) is 0 Å². The number of rotatable bonds is 6. The lowest BCUT2D eigenvalue weighted by Gasteiger charge is -2.35. The molecule has 0 radical (unpaired) electrons. The van der Waals surface area contributed by atoms with Gasteiger partial charge in [0.05, 0.1) is 17.2 Å². The number of aryl methyl sites for hydroxylation is 1. The van der Waals surface area contributed by atoms with Crippen molar-refractivity contribution in [3.63, 3.8) is 0 Å². The Kier molecular flexibility index (Phi) is 6.22. The van der Waals surface area contributed by atoms with Crippen LogP contribution in [0.3, 0.4) is 0 Å². The Bertz CT molecular complexity index is 1280. The first-order valence-electron chi connectivity index (χ1n) is 11.8. The van der Waals surface area contributed by atoms with Gasteiger partial charge in [0.15, 0.2) is 0 Å². The average Bonchev–Trinajstić information content (AvgIpc) is 2.86. The zero-order valence-electron chi connectivity index (χ0n) is 19.1. The molecule has 5 rings (SSSR count). The van der Waals surface area contributed by atoms with E-state index in [2.05, 4.69) is 76.3 Å². The first-order valence-corrected chi connectivity index (χ1v) is 11.8. The van der Waals surface area contributed by atoms with Gasteiger partial charge in [-0.2, -0.15) is 0 Å². The van der Waals surface area contributed by atoms with Crippen LogP contribution in [-0.2, 0) is 0 Å². The number of hydrogen-bond donors (Lipinski definition) is 0. The summed E-state index contributed by atoms with van der Waals surface area (Å²) >= 11 is 0. The van der Waals surface area contributed by atoms with Crippen LogP contribution >= 0.6 is 0 Å². The van der Waals surface area contributed by atoms with E-state index in [4.69, 9.17) is 0 Å². The molecule has 3 aromatic carbocycles. The Labute approximate surface area is 194 Å². The number of anilines is 2. The van der Waals surface area contributed by atoms with Crippen LogP contribution in [0.15, 0.2) is 90.0 Å². The van der Waals surface area contributed by atoms with E-state index in [0.29, 0.717) is 5.39 Å². The molecule has 1 aromatic heterocycles. The standard InChI is InChI=1S/C28H30N4O/c1-22-8-7-11-25(20-22)31(23-9-3-2-4-10-23)19-18-30-16-14-24(15-17-30)32-21-29-27-13-6-5-12-26(27)28(32)33/h2-13,20-21,24H,14-19H2,1H3. The van der Waals surface area contributed by atoms with E-state index in [1.807, 2.05) is 28.8 Å². The quantitative estimate of drug-likeness (QED) is 0.416. The highest BCUT2D eigenvalue weighted by molar-refractivity contribution is 5.76. The zero-order valence-corrected chi connectivity index (χ0v) is 19.1. The smallest absolute Gasteiger partial charge is 0.261 e. The summed E-state index contributed by atoms with van der Waals surface area (Å²) in [7, 11) is 0. The molecule has 0 saturated carbocycles. The number of aromatic nitrogens is 2. The second-order valence-corrected chi connectivity index (χ2v) is 8.87. The summed E-state index contributed by atoms with van der Waals surface area (Å²) in [6, 6.07) is 27.1. The monoisotopic (exact) mass is 438 g/mol. The minimum absolute atomic E-state index is 0.0775. The van der Waals surface area contributed by atoms with Crippen LogP contribution in [0.4, 0.5) is 11.4 Å². The largest absolute Gasteiger partial charge is 0.340 e. The topological polar surface area (TPSA) is 41.4 Å². The fraction of sp³-hybridized carbons (Fsp3) is 0.286. The van der Waals surface area contributed by atoms with E-state index in [1.165, 1.54) is 16.9 Å². The van der Waals surface area contributed by atoms with Gasteiger partial charge in [0, 0.05) is 43.6 Å². The number of para-hydroxylation sites is 2. The third-order valence-electron chi connectivity index (χ3n) is 6.66. The van der Waals surface area contributed by atoms with Crippen LogP contribution in [0.25, 0.3) is 10.9 Å². The maximum absolute atomic E-state index is 13.0. The molecule has 2 heterocycles. The normalized spacial score (nSPS) is 15.1. The van der Waals surface area contributed by atoms with Crippen molar-refractivity contribution in [3.05, 3.63) is 101 Å². The minimum Gasteiger partial charge on any atom is -0.340 e. The molecule has 5 nitrogen and oxygen atoms in total. The van der Waals surface area contributed by atoms with Gasteiger partial charge in [-0.3, -0.25) is 9.36 Å². The first-order chi connectivity index (χ1) is 16.2. The Hall–Kier alpha value is -3.44. The van der Waals surface area contributed by atoms with Crippen LogP contribution in [0, 0.1) is 6.92 Å². The summed E-state index contributed by atoms with van der Waals surface area (Å²) in [5.74, 6) is 0. The summed E-state index contributed by atoms with van der Waals surface area (Å²) in [6.45, 7) is 6.03. The Morgan fingerprint density at radius 2 is 1.64 bits per heavy atom. The van der Waals surface area contributed by atoms with E-state index >= 15 is 0 Å². The predicted molar refractivity (Wildman–Crippen MR) is 135 cm³/mol. The van der Waals surface area contributed by atoms with Gasteiger partial charge in [0.2, 0.25) is 0 Å². The fourth-order valence-electron chi connectivity index (χ4n) is 4.82. The molecule has 0 unspecified atom stereocenters. The van der Waals surface area contributed by atoms with Crippen molar-refractivity contribution >= 4 is 22.3 Å². The lowest BCUT2D eigenvalue weighted by molar-refractivity contribution is 0.188. The molecule has 1 aliphatic heterocycles. The number of fused-ring (bicyclic) bond motifs is 1. The van der Waals surface area contributed by atoms with Crippen molar-refractivity contribution in [3.8, 4) is 0 Å². The minimum atomic E-state index is 0.0775. The first kappa shape index (κ1) is 21.4. The van der Waals surface area contributed by atoms with Gasteiger partial charge in [-0.1, -0.05) is 42.5 Å². The van der Waals surface area contributed by atoms with Gasteiger partial charge in [-0.25, -0.2) is 4.98 Å². The average molecular weight is 439 g/mol. The predicted octanol–water partition coefficient (Wildman–Crippen LogP) is 5.18. The molecule has 4 aromatic rings. The molecular formula is C28H30N4O. The van der Waals surface area contributed by atoms with E-state index in [0.717, 1.165) is 44.5 Å². The fourth-order valence-corrected chi connectivity index (χ4v) is 4.82. The molecule has 0 atom stereocenters. The molecule has 0 bridgehead atoms. The van der Waals surface area contributed by atoms with Crippen molar-refractivity contribution in [2.24, 2.45) is 0 Å². The molecule has 1 saturated heterocycles. The molecule has 0 spiro atoms. The van der Waals surface area contributed by atoms with Crippen molar-refractivity contribution in [1.82, 2.24) is 14.5 Å². The van der Waals surface area contributed by atoms with Gasteiger partial charge in [0.1, 0.15) is 0 Å². The number of nitrogens with zero attached hydrogens (tertiary/aromatic N) is 4. The zero-order chi connectivity index (χ0) is 22.6. The number of benzene rings is 3. The third kappa shape index (κ3) is 4.69. The molecular weight excluding hydrogens is 408 g/mol. The Morgan fingerprint density at radius 3 is 2.42 bits per heavy atom. The molecule has 0 aliphatic carbocycles. The Balaban J connectivity index is 1.26. The highest BCUT2D eigenvalue weighted by Crippen LogP contribution is 2.27. The summed E-state index contributed by atoms with van der Waals surface area (Å²) < 4.78 is 1.85. The summed E-state index contributed by atoms with van der Waals surface area (Å²) in [6.07, 6.45) is 3.67. The highest BCUT2D eigenvalue weighted by Gasteiger charge is 2.22. The highest BCUT2D eigenvalue weighted by atomic mass is 16.1. The maximum Gasteiger partial charge on any atom is 0.261 e. The molecule has 5 heteroatoms. The third-order valence-corrected chi connectivity index (χ3v) is 6.66. The van der Waals surface area contributed by atoms with Gasteiger partial charge < -0.3 is 9.80 Å². The lowest BCUT2D eigenvalue weighted by Crippen LogP contribution is -2.40. The SMILES string of the molecule is Cc1cccc(N(CCN2CCC(n3cnc4ccccc4c3=O)CC2)c2ccccc2)c1. The molecule has 0 N–H and O–H groups in total. The number of hydrogen-bond acceptors (Lipinski definition) is 4. The number of piperidine rings is 1. The van der Waals surface area contributed by atoms with E-state index in [-0.39, 0.29) is 11.6 Å². The van der Waals surface area contributed by atoms with Crippen molar-refractivity contribution < 1.29 is 0 Å². The van der Waals surface area contributed by atoms with Crippen molar-refractivity contribution in [1.29, 1.82) is 0 Å². The van der Waals surface area contributed by atoms with E-state index < -0.39 is 0 Å². The second kappa shape index (κ2) is 9.59.